The Morgan fingerprint density at radius 1 is 0.606 bits per heavy atom. The number of aryl methyl sites for hydroxylation is 1. The van der Waals surface area contributed by atoms with Crippen molar-refractivity contribution in [3.8, 4) is 0 Å². The van der Waals surface area contributed by atoms with Crippen LogP contribution in [0.1, 0.15) is 33.3 Å². The number of hydrogen-bond acceptors (Lipinski definition) is 4. The molecule has 0 saturated heterocycles. The van der Waals surface area contributed by atoms with Crippen LogP contribution in [0.15, 0.2) is 49.6 Å². The summed E-state index contributed by atoms with van der Waals surface area (Å²) in [5.74, 6) is 0. The second-order valence-corrected chi connectivity index (χ2v) is 8.80. The molecule has 3 aromatic heterocycles. The van der Waals surface area contributed by atoms with Crippen LogP contribution >= 0.6 is 0 Å². The van der Waals surface area contributed by atoms with E-state index in [1.165, 1.54) is 0 Å². The van der Waals surface area contributed by atoms with E-state index in [4.69, 9.17) is 13.3 Å². The van der Waals surface area contributed by atoms with Gasteiger partial charge in [-0.05, 0) is 52.3 Å². The summed E-state index contributed by atoms with van der Waals surface area (Å²) in [6.45, 7) is 14.5. The van der Waals surface area contributed by atoms with Crippen LogP contribution in [0.3, 0.4) is 0 Å². The van der Waals surface area contributed by atoms with Gasteiger partial charge in [0.05, 0.1) is 28.3 Å². The van der Waals surface area contributed by atoms with Gasteiger partial charge in [-0.15, -0.1) is 0 Å². The fourth-order valence-electron chi connectivity index (χ4n) is 5.37. The van der Waals surface area contributed by atoms with Gasteiger partial charge >= 0.3 is 0 Å². The van der Waals surface area contributed by atoms with Crippen LogP contribution in [-0.2, 0) is 0 Å². The van der Waals surface area contributed by atoms with Crippen molar-refractivity contribution in [3.05, 3.63) is 47.3 Å². The highest BCUT2D eigenvalue weighted by atomic mass is 16.4. The lowest BCUT2D eigenvalue weighted by molar-refractivity contribution is 0.613. The van der Waals surface area contributed by atoms with Crippen LogP contribution < -0.4 is 14.8 Å². The molecule has 0 unspecified atom stereocenters. The van der Waals surface area contributed by atoms with Crippen molar-refractivity contribution in [1.29, 1.82) is 0 Å². The van der Waals surface area contributed by atoms with Gasteiger partial charge < -0.3 is 18.2 Å². The summed E-state index contributed by atoms with van der Waals surface area (Å²) in [5.41, 5.74) is 7.31. The average Bonchev–Trinajstić information content (AvgIpc) is 2.80. The molecule has 0 aliphatic rings. The Labute approximate surface area is 191 Å². The van der Waals surface area contributed by atoms with Crippen molar-refractivity contribution in [3.63, 3.8) is 0 Å². The first-order chi connectivity index (χ1) is 16.1. The van der Waals surface area contributed by atoms with Gasteiger partial charge in [0.2, 0.25) is 5.36 Å². The molecule has 6 aromatic rings. The van der Waals surface area contributed by atoms with Crippen molar-refractivity contribution in [2.24, 2.45) is 0 Å². The van der Waals surface area contributed by atoms with Crippen LogP contribution in [0, 0.1) is 6.92 Å². The first-order valence-electron chi connectivity index (χ1n) is 12.0. The van der Waals surface area contributed by atoms with Crippen molar-refractivity contribution in [2.45, 2.75) is 34.6 Å². The van der Waals surface area contributed by atoms with Gasteiger partial charge in [0.25, 0.3) is 0 Å². The molecular formula is C28H29N2O3+. The molecule has 3 aromatic carbocycles. The molecule has 6 rings (SSSR count). The Hall–Kier alpha value is -3.47. The zero-order chi connectivity index (χ0) is 22.9. The molecule has 0 aliphatic heterocycles. The molecule has 0 amide bonds. The molecule has 33 heavy (non-hydrogen) atoms. The van der Waals surface area contributed by atoms with Crippen LogP contribution in [0.2, 0.25) is 0 Å². The lowest BCUT2D eigenvalue weighted by Crippen LogP contribution is -2.29. The average molecular weight is 442 g/mol. The molecular weight excluding hydrogens is 412 g/mol. The van der Waals surface area contributed by atoms with E-state index >= 15 is 0 Å². The monoisotopic (exact) mass is 441 g/mol. The number of rotatable bonds is 5. The zero-order valence-corrected chi connectivity index (χ0v) is 19.9. The van der Waals surface area contributed by atoms with Crippen LogP contribution in [0.25, 0.3) is 55.0 Å². The molecule has 0 radical (unpaired) electrons. The van der Waals surface area contributed by atoms with Crippen molar-refractivity contribution in [2.75, 3.05) is 31.1 Å². The van der Waals surface area contributed by atoms with E-state index in [1.54, 1.807) is 0 Å². The Bertz CT molecular complexity index is 1720. The Kier molecular flexibility index (Phi) is 4.44. The first-order valence-corrected chi connectivity index (χ1v) is 12.0. The van der Waals surface area contributed by atoms with Gasteiger partial charge in [0.1, 0.15) is 46.6 Å². The Morgan fingerprint density at radius 3 is 1.45 bits per heavy atom. The molecule has 0 atom stereocenters. The first kappa shape index (κ1) is 20.2. The van der Waals surface area contributed by atoms with Crippen LogP contribution in [0.4, 0.5) is 5.69 Å². The number of hydrogen-bond donors (Lipinski definition) is 0. The van der Waals surface area contributed by atoms with Crippen molar-refractivity contribution in [1.82, 2.24) is 4.58 Å². The predicted octanol–water partition coefficient (Wildman–Crippen LogP) is 6.64. The van der Waals surface area contributed by atoms with Gasteiger partial charge in [-0.1, -0.05) is 0 Å². The standard InChI is InChI=1S/C28H29N2O3/c1-6-29(7-2)17-12-21-26-23(14-17)33-24-15-18(30(8-3)9-4)13-22-27(24)28(26)25-19(31-21)10-16(5)11-20(25)32-22/h10-15H,6-9H2,1-5H3/q+1. The van der Waals surface area contributed by atoms with Crippen molar-refractivity contribution < 1.29 is 13.3 Å². The maximum Gasteiger partial charge on any atom is 0.207 e. The second kappa shape index (κ2) is 7.27. The van der Waals surface area contributed by atoms with E-state index in [1.807, 2.05) is 0 Å². The largest absolute Gasteiger partial charge is 0.456 e. The highest BCUT2D eigenvalue weighted by Crippen LogP contribution is 2.45. The van der Waals surface area contributed by atoms with Crippen LogP contribution in [-0.4, -0.2) is 26.2 Å². The summed E-state index contributed by atoms with van der Waals surface area (Å²) in [5, 5.41) is 5.35. The normalized spacial score (nSPS) is 12.3. The SMILES string of the molecule is CCN(CC)c1cc2oc3cc(C)cc4oc5cc(=[N+](CC)CC)cc6oc(c1)c2c(c34)c56. The topological polar surface area (TPSA) is 45.7 Å². The zero-order valence-electron chi connectivity index (χ0n) is 19.9. The highest BCUT2D eigenvalue weighted by Gasteiger charge is 2.23. The number of benzene rings is 3. The predicted molar refractivity (Wildman–Crippen MR) is 137 cm³/mol. The maximum absolute atomic E-state index is 6.60. The molecule has 0 bridgehead atoms. The quantitative estimate of drug-likeness (QED) is 0.171. The Morgan fingerprint density at radius 2 is 1.03 bits per heavy atom. The fraction of sp³-hybridized carbons (Fsp3) is 0.321. The summed E-state index contributed by atoms with van der Waals surface area (Å²) < 4.78 is 21.9. The molecule has 3 heterocycles. The lowest BCUT2D eigenvalue weighted by Gasteiger charge is -2.22. The highest BCUT2D eigenvalue weighted by molar-refractivity contribution is 6.32. The van der Waals surface area contributed by atoms with Gasteiger partial charge in [0, 0.05) is 36.3 Å². The second-order valence-electron chi connectivity index (χ2n) is 8.80. The smallest absolute Gasteiger partial charge is 0.207 e. The summed E-state index contributed by atoms with van der Waals surface area (Å²) in [6, 6.07) is 12.8. The summed E-state index contributed by atoms with van der Waals surface area (Å²) in [4.78, 5) is 2.32. The van der Waals surface area contributed by atoms with E-state index in [0.29, 0.717) is 0 Å². The molecule has 168 valence electrons. The van der Waals surface area contributed by atoms with Gasteiger partial charge in [-0.3, -0.25) is 0 Å². The molecule has 0 spiro atoms. The van der Waals surface area contributed by atoms with Crippen LogP contribution in [0.5, 0.6) is 0 Å². The maximum atomic E-state index is 6.60. The minimum atomic E-state index is 0.846. The fourth-order valence-corrected chi connectivity index (χ4v) is 5.37. The minimum absolute atomic E-state index is 0.846. The van der Waals surface area contributed by atoms with E-state index < -0.39 is 0 Å². The molecule has 5 heteroatoms. The van der Waals surface area contributed by atoms with Gasteiger partial charge in [0.15, 0.2) is 0 Å². The third kappa shape index (κ3) is 2.81. The minimum Gasteiger partial charge on any atom is -0.456 e. The van der Waals surface area contributed by atoms with E-state index in [9.17, 15) is 0 Å². The van der Waals surface area contributed by atoms with E-state index in [-0.39, 0.29) is 0 Å². The van der Waals surface area contributed by atoms with Crippen molar-refractivity contribution >= 4 is 60.7 Å². The molecule has 5 nitrogen and oxygen atoms in total. The number of nitrogens with zero attached hydrogens (tertiary/aromatic N) is 2. The lowest BCUT2D eigenvalue weighted by atomic mass is 9.98. The third-order valence-electron chi connectivity index (χ3n) is 6.98. The van der Waals surface area contributed by atoms with E-state index in [2.05, 4.69) is 80.5 Å². The molecule has 0 N–H and O–H groups in total. The molecule has 0 saturated carbocycles. The molecule has 0 fully saturated rings. The number of anilines is 1. The Balaban J connectivity index is 1.91. The van der Waals surface area contributed by atoms with Gasteiger partial charge in [-0.25, -0.2) is 4.58 Å². The molecule has 0 aliphatic carbocycles. The summed E-state index contributed by atoms with van der Waals surface area (Å²) >= 11 is 0. The summed E-state index contributed by atoms with van der Waals surface area (Å²) in [6.07, 6.45) is 0. The summed E-state index contributed by atoms with van der Waals surface area (Å²) in [7, 11) is 0. The third-order valence-corrected chi connectivity index (χ3v) is 6.98. The van der Waals surface area contributed by atoms with E-state index in [0.717, 1.165) is 97.8 Å². The van der Waals surface area contributed by atoms with Gasteiger partial charge in [-0.2, -0.15) is 0 Å².